The molecule has 3 aromatic carbocycles. The first-order valence-electron chi connectivity index (χ1n) is 11.5. The van der Waals surface area contributed by atoms with Crippen LogP contribution in [-0.2, 0) is 21.2 Å². The van der Waals surface area contributed by atoms with Crippen LogP contribution in [0, 0.1) is 12.8 Å². The molecule has 1 saturated heterocycles. The summed E-state index contributed by atoms with van der Waals surface area (Å²) in [4.78, 5) is 15.1. The number of rotatable bonds is 7. The summed E-state index contributed by atoms with van der Waals surface area (Å²) >= 11 is 5.96. The second-order valence-electron chi connectivity index (χ2n) is 8.82. The van der Waals surface area contributed by atoms with E-state index in [9.17, 15) is 13.2 Å². The lowest BCUT2D eigenvalue weighted by atomic mass is 9.90. The van der Waals surface area contributed by atoms with Crippen molar-refractivity contribution in [2.75, 3.05) is 23.9 Å². The summed E-state index contributed by atoms with van der Waals surface area (Å²) in [6.07, 6.45) is 2.83. The Kier molecular flexibility index (Phi) is 7.59. The van der Waals surface area contributed by atoms with Gasteiger partial charge in [-0.3, -0.25) is 9.10 Å². The predicted molar refractivity (Wildman–Crippen MR) is 137 cm³/mol. The molecule has 0 unspecified atom stereocenters. The molecule has 0 saturated carbocycles. The fraction of sp³-hybridized carbons (Fsp3) is 0.296. The van der Waals surface area contributed by atoms with Crippen molar-refractivity contribution in [1.82, 2.24) is 4.90 Å². The highest BCUT2D eigenvalue weighted by Crippen LogP contribution is 2.27. The summed E-state index contributed by atoms with van der Waals surface area (Å²) in [7, 11) is -3.94. The Bertz CT molecular complexity index is 1200. The summed E-state index contributed by atoms with van der Waals surface area (Å²) in [6, 6.07) is 23.6. The Morgan fingerprint density at radius 1 is 0.941 bits per heavy atom. The molecule has 0 aromatic heterocycles. The molecule has 1 aliphatic rings. The number of carbonyl (C=O) groups excluding carboxylic acids is 1. The molecule has 3 aromatic rings. The first kappa shape index (κ1) is 24.3. The number of halogens is 1. The Balaban J connectivity index is 1.48. The molecule has 0 aliphatic carbocycles. The van der Waals surface area contributed by atoms with Gasteiger partial charge in [0.1, 0.15) is 6.54 Å². The molecule has 5 nitrogen and oxygen atoms in total. The van der Waals surface area contributed by atoms with Gasteiger partial charge in [0.05, 0.1) is 10.6 Å². The fourth-order valence-corrected chi connectivity index (χ4v) is 5.86. The van der Waals surface area contributed by atoms with Crippen LogP contribution in [0.4, 0.5) is 5.69 Å². The molecule has 0 spiro atoms. The van der Waals surface area contributed by atoms with Gasteiger partial charge in [0.25, 0.3) is 10.0 Å². The van der Waals surface area contributed by atoms with Crippen molar-refractivity contribution in [3.8, 4) is 0 Å². The van der Waals surface area contributed by atoms with Gasteiger partial charge in [0, 0.05) is 18.1 Å². The third kappa shape index (κ3) is 5.80. The van der Waals surface area contributed by atoms with Crippen molar-refractivity contribution >= 4 is 33.2 Å². The molecule has 0 atom stereocenters. The van der Waals surface area contributed by atoms with E-state index < -0.39 is 10.0 Å². The number of sulfonamides is 1. The van der Waals surface area contributed by atoms with Gasteiger partial charge >= 0.3 is 0 Å². The molecule has 7 heteroatoms. The smallest absolute Gasteiger partial charge is 0.264 e. The van der Waals surface area contributed by atoms with Crippen molar-refractivity contribution in [2.45, 2.75) is 31.1 Å². The van der Waals surface area contributed by atoms with Crippen molar-refractivity contribution in [3.63, 3.8) is 0 Å². The number of benzene rings is 3. The average molecular weight is 497 g/mol. The summed E-state index contributed by atoms with van der Waals surface area (Å²) in [6.45, 7) is 2.97. The predicted octanol–water partition coefficient (Wildman–Crippen LogP) is 5.33. The van der Waals surface area contributed by atoms with Crippen LogP contribution in [0.5, 0.6) is 0 Å². The summed E-state index contributed by atoms with van der Waals surface area (Å²) in [5.41, 5.74) is 2.79. The molecule has 1 aliphatic heterocycles. The molecule has 1 amide bonds. The normalized spacial score (nSPS) is 14.7. The van der Waals surface area contributed by atoms with E-state index in [1.165, 1.54) is 22.0 Å². The van der Waals surface area contributed by atoms with Gasteiger partial charge in [-0.15, -0.1) is 0 Å². The van der Waals surface area contributed by atoms with Gasteiger partial charge in [0.2, 0.25) is 5.91 Å². The van der Waals surface area contributed by atoms with Crippen LogP contribution in [-0.4, -0.2) is 38.9 Å². The minimum Gasteiger partial charge on any atom is -0.341 e. The molecule has 1 fully saturated rings. The SMILES string of the molecule is Cc1ccc(N(CC(=O)N2CCC(Cc3ccccc3)CC2)S(=O)(=O)c2ccc(Cl)cc2)cc1. The maximum atomic E-state index is 13.5. The molecule has 34 heavy (non-hydrogen) atoms. The molecule has 1 heterocycles. The summed E-state index contributed by atoms with van der Waals surface area (Å²) < 4.78 is 28.2. The zero-order valence-electron chi connectivity index (χ0n) is 19.2. The summed E-state index contributed by atoms with van der Waals surface area (Å²) in [5, 5.41) is 0.454. The zero-order chi connectivity index (χ0) is 24.1. The first-order valence-corrected chi connectivity index (χ1v) is 13.3. The van der Waals surface area contributed by atoms with Crippen LogP contribution >= 0.6 is 11.6 Å². The van der Waals surface area contributed by atoms with Crippen LogP contribution in [0.2, 0.25) is 5.02 Å². The van der Waals surface area contributed by atoms with E-state index >= 15 is 0 Å². The van der Waals surface area contributed by atoms with Gasteiger partial charge in [0.15, 0.2) is 0 Å². The number of hydrogen-bond donors (Lipinski definition) is 0. The molecular weight excluding hydrogens is 468 g/mol. The number of nitrogens with zero attached hydrogens (tertiary/aromatic N) is 2. The number of amides is 1. The minimum absolute atomic E-state index is 0.104. The van der Waals surface area contributed by atoms with Crippen molar-refractivity contribution in [3.05, 3.63) is 95.0 Å². The quantitative estimate of drug-likeness (QED) is 0.444. The van der Waals surface area contributed by atoms with Crippen LogP contribution < -0.4 is 4.31 Å². The van der Waals surface area contributed by atoms with Gasteiger partial charge < -0.3 is 4.90 Å². The van der Waals surface area contributed by atoms with Crippen molar-refractivity contribution in [1.29, 1.82) is 0 Å². The van der Waals surface area contributed by atoms with E-state index in [-0.39, 0.29) is 17.3 Å². The molecule has 0 N–H and O–H groups in total. The molecule has 0 radical (unpaired) electrons. The number of aryl methyl sites for hydroxylation is 1. The highest BCUT2D eigenvalue weighted by Gasteiger charge is 2.30. The highest BCUT2D eigenvalue weighted by molar-refractivity contribution is 7.92. The second-order valence-corrected chi connectivity index (χ2v) is 11.1. The number of likely N-dealkylation sites (tertiary alicyclic amines) is 1. The fourth-order valence-electron chi connectivity index (χ4n) is 4.32. The molecular formula is C27H29ClN2O3S. The topological polar surface area (TPSA) is 57.7 Å². The van der Waals surface area contributed by atoms with Gasteiger partial charge in [-0.05, 0) is 74.1 Å². The van der Waals surface area contributed by atoms with Crippen molar-refractivity contribution < 1.29 is 13.2 Å². The van der Waals surface area contributed by atoms with Gasteiger partial charge in [-0.2, -0.15) is 0 Å². The monoisotopic (exact) mass is 496 g/mol. The third-order valence-corrected chi connectivity index (χ3v) is 8.38. The van der Waals surface area contributed by atoms with E-state index in [1.807, 2.05) is 25.1 Å². The maximum Gasteiger partial charge on any atom is 0.264 e. The van der Waals surface area contributed by atoms with Crippen LogP contribution in [0.3, 0.4) is 0 Å². The zero-order valence-corrected chi connectivity index (χ0v) is 20.8. The third-order valence-electron chi connectivity index (χ3n) is 6.34. The standard InChI is InChI=1S/C27H29ClN2O3S/c1-21-7-11-25(12-8-21)30(34(32,33)26-13-9-24(28)10-14-26)20-27(31)29-17-15-23(16-18-29)19-22-5-3-2-4-6-22/h2-14,23H,15-20H2,1H3. The van der Waals surface area contributed by atoms with E-state index in [4.69, 9.17) is 11.6 Å². The number of hydrogen-bond acceptors (Lipinski definition) is 3. The van der Waals surface area contributed by atoms with Crippen LogP contribution in [0.15, 0.2) is 83.8 Å². The van der Waals surface area contributed by atoms with E-state index in [1.54, 1.807) is 29.2 Å². The largest absolute Gasteiger partial charge is 0.341 e. The van der Waals surface area contributed by atoms with Crippen molar-refractivity contribution in [2.24, 2.45) is 5.92 Å². The minimum atomic E-state index is -3.94. The van der Waals surface area contributed by atoms with E-state index in [0.29, 0.717) is 29.7 Å². The lowest BCUT2D eigenvalue weighted by molar-refractivity contribution is -0.130. The van der Waals surface area contributed by atoms with Gasteiger partial charge in [-0.25, -0.2) is 8.42 Å². The maximum absolute atomic E-state index is 13.5. The lowest BCUT2D eigenvalue weighted by Gasteiger charge is -2.34. The summed E-state index contributed by atoms with van der Waals surface area (Å²) in [5.74, 6) is 0.341. The van der Waals surface area contributed by atoms with Crippen LogP contribution in [0.25, 0.3) is 0 Å². The van der Waals surface area contributed by atoms with E-state index in [2.05, 4.69) is 24.3 Å². The van der Waals surface area contributed by atoms with Crippen LogP contribution in [0.1, 0.15) is 24.0 Å². The Hall–Kier alpha value is -2.83. The Morgan fingerprint density at radius 3 is 2.18 bits per heavy atom. The average Bonchev–Trinajstić information content (AvgIpc) is 2.84. The Morgan fingerprint density at radius 2 is 1.56 bits per heavy atom. The lowest BCUT2D eigenvalue weighted by Crippen LogP contribution is -2.46. The molecule has 4 rings (SSSR count). The number of anilines is 1. The second kappa shape index (κ2) is 10.6. The number of piperidine rings is 1. The van der Waals surface area contributed by atoms with Gasteiger partial charge in [-0.1, -0.05) is 59.6 Å². The molecule has 178 valence electrons. The van der Waals surface area contributed by atoms with E-state index in [0.717, 1.165) is 24.8 Å². The first-order chi connectivity index (χ1) is 16.3. The molecule has 0 bridgehead atoms. The Labute approximate surface area is 207 Å². The highest BCUT2D eigenvalue weighted by atomic mass is 35.5. The number of carbonyl (C=O) groups is 1.